The lowest BCUT2D eigenvalue weighted by atomic mass is 10.0. The van der Waals surface area contributed by atoms with Gasteiger partial charge in [0.25, 0.3) is 0 Å². The molecule has 20 heavy (non-hydrogen) atoms. The summed E-state index contributed by atoms with van der Waals surface area (Å²) in [5.74, 6) is 0.418. The topological polar surface area (TPSA) is 54.2 Å². The van der Waals surface area contributed by atoms with Crippen LogP contribution >= 0.6 is 0 Å². The second-order valence-electron chi connectivity index (χ2n) is 5.25. The summed E-state index contributed by atoms with van der Waals surface area (Å²) in [5.41, 5.74) is -0.798. The monoisotopic (exact) mass is 285 g/mol. The predicted molar refractivity (Wildman–Crippen MR) is 67.5 cm³/mol. The molecule has 0 radical (unpaired) electrons. The highest BCUT2D eigenvalue weighted by Crippen LogP contribution is 2.31. The zero-order chi connectivity index (χ0) is 14.4. The number of nitrogens with one attached hydrogen (secondary N) is 2. The van der Waals surface area contributed by atoms with E-state index < -0.39 is 11.9 Å². The maximum absolute atomic E-state index is 12.7. The predicted octanol–water partition coefficient (Wildman–Crippen LogP) is 1.91. The summed E-state index contributed by atoms with van der Waals surface area (Å²) in [6.45, 7) is 3.63. The van der Waals surface area contributed by atoms with Crippen molar-refractivity contribution in [1.29, 1.82) is 0 Å². The Balaban J connectivity index is 2.01. The van der Waals surface area contributed by atoms with E-state index in [2.05, 4.69) is 20.7 Å². The second-order valence-corrected chi connectivity index (χ2v) is 5.25. The van der Waals surface area contributed by atoms with Gasteiger partial charge in [0, 0.05) is 30.5 Å². The van der Waals surface area contributed by atoms with Gasteiger partial charge in [-0.1, -0.05) is 0 Å². The van der Waals surface area contributed by atoms with Gasteiger partial charge in [-0.25, -0.2) is 9.50 Å². The van der Waals surface area contributed by atoms with Gasteiger partial charge >= 0.3 is 6.18 Å². The minimum atomic E-state index is -4.46. The lowest BCUT2D eigenvalue weighted by Gasteiger charge is -2.25. The van der Waals surface area contributed by atoms with E-state index >= 15 is 0 Å². The second kappa shape index (κ2) is 4.34. The Hall–Kier alpha value is -1.83. The standard InChI is InChI=1S/C12H14F3N5/c1-11(2-3-16-7-11)18-10-8-6-9(12(13,14)15)19-20(8)5-4-17-10/h4-6,16H,2-3,7H2,1H3,(H,17,18). The number of alkyl halides is 3. The third-order valence-corrected chi connectivity index (χ3v) is 3.47. The minimum absolute atomic E-state index is 0.211. The number of anilines is 1. The number of nitrogens with zero attached hydrogens (tertiary/aromatic N) is 3. The smallest absolute Gasteiger partial charge is 0.362 e. The number of aromatic nitrogens is 3. The third-order valence-electron chi connectivity index (χ3n) is 3.47. The number of halogens is 3. The van der Waals surface area contributed by atoms with Crippen LogP contribution in [0.1, 0.15) is 19.0 Å². The molecule has 0 aromatic carbocycles. The quantitative estimate of drug-likeness (QED) is 0.885. The molecule has 0 aliphatic carbocycles. The zero-order valence-corrected chi connectivity index (χ0v) is 10.8. The van der Waals surface area contributed by atoms with Crippen molar-refractivity contribution >= 4 is 11.3 Å². The van der Waals surface area contributed by atoms with Crippen LogP contribution in [-0.2, 0) is 6.18 Å². The molecule has 0 amide bonds. The highest BCUT2D eigenvalue weighted by molar-refractivity contribution is 5.68. The average molecular weight is 285 g/mol. The average Bonchev–Trinajstić information content (AvgIpc) is 2.95. The summed E-state index contributed by atoms with van der Waals surface area (Å²) < 4.78 is 39.3. The molecule has 2 N–H and O–H groups in total. The van der Waals surface area contributed by atoms with E-state index in [1.165, 1.54) is 16.9 Å². The molecular weight excluding hydrogens is 271 g/mol. The van der Waals surface area contributed by atoms with Crippen molar-refractivity contribution in [2.45, 2.75) is 25.1 Å². The van der Waals surface area contributed by atoms with Crippen LogP contribution in [-0.4, -0.2) is 33.2 Å². The van der Waals surface area contributed by atoms with E-state index in [9.17, 15) is 13.2 Å². The van der Waals surface area contributed by atoms with Crippen LogP contribution in [0.15, 0.2) is 18.5 Å². The molecule has 1 fully saturated rings. The van der Waals surface area contributed by atoms with Crippen LogP contribution in [0.5, 0.6) is 0 Å². The minimum Gasteiger partial charge on any atom is -0.362 e. The molecule has 5 nitrogen and oxygen atoms in total. The van der Waals surface area contributed by atoms with E-state index in [0.29, 0.717) is 11.3 Å². The maximum Gasteiger partial charge on any atom is 0.435 e. The van der Waals surface area contributed by atoms with Gasteiger partial charge in [0.05, 0.1) is 0 Å². The van der Waals surface area contributed by atoms with Crippen molar-refractivity contribution in [2.24, 2.45) is 0 Å². The van der Waals surface area contributed by atoms with Gasteiger partial charge < -0.3 is 10.6 Å². The van der Waals surface area contributed by atoms with E-state index in [1.54, 1.807) is 0 Å². The van der Waals surface area contributed by atoms with Gasteiger partial charge in [-0.2, -0.15) is 18.3 Å². The summed E-state index contributed by atoms with van der Waals surface area (Å²) in [6, 6.07) is 1.01. The summed E-state index contributed by atoms with van der Waals surface area (Å²) in [4.78, 5) is 4.14. The number of fused-ring (bicyclic) bond motifs is 1. The molecule has 0 bridgehead atoms. The van der Waals surface area contributed by atoms with Crippen LogP contribution in [0.4, 0.5) is 19.0 Å². The lowest BCUT2D eigenvalue weighted by molar-refractivity contribution is -0.141. The Morgan fingerprint density at radius 2 is 2.25 bits per heavy atom. The summed E-state index contributed by atoms with van der Waals surface area (Å²) >= 11 is 0. The number of hydrogen-bond acceptors (Lipinski definition) is 4. The first-order valence-corrected chi connectivity index (χ1v) is 6.28. The Morgan fingerprint density at radius 3 is 2.90 bits per heavy atom. The fourth-order valence-electron chi connectivity index (χ4n) is 2.37. The van der Waals surface area contributed by atoms with E-state index in [4.69, 9.17) is 0 Å². The number of rotatable bonds is 2. The Bertz CT molecular complexity index is 628. The normalized spacial score (nSPS) is 23.4. The van der Waals surface area contributed by atoms with Gasteiger partial charge in [-0.15, -0.1) is 0 Å². The summed E-state index contributed by atoms with van der Waals surface area (Å²) in [7, 11) is 0. The summed E-state index contributed by atoms with van der Waals surface area (Å²) in [6.07, 6.45) is -0.725. The molecule has 2 aromatic heterocycles. The highest BCUT2D eigenvalue weighted by atomic mass is 19.4. The van der Waals surface area contributed by atoms with Gasteiger partial charge in [0.1, 0.15) is 5.52 Å². The molecule has 0 saturated carbocycles. The Kier molecular flexibility index (Phi) is 2.86. The van der Waals surface area contributed by atoms with Crippen LogP contribution < -0.4 is 10.6 Å². The molecular formula is C12H14F3N5. The van der Waals surface area contributed by atoms with Crippen molar-refractivity contribution in [3.63, 3.8) is 0 Å². The van der Waals surface area contributed by atoms with Crippen LogP contribution in [0.3, 0.4) is 0 Å². The van der Waals surface area contributed by atoms with Gasteiger partial charge in [-0.3, -0.25) is 0 Å². The van der Waals surface area contributed by atoms with Crippen molar-refractivity contribution in [3.8, 4) is 0 Å². The fraction of sp³-hybridized carbons (Fsp3) is 0.500. The largest absolute Gasteiger partial charge is 0.435 e. The molecule has 8 heteroatoms. The first-order valence-electron chi connectivity index (χ1n) is 6.28. The number of hydrogen-bond donors (Lipinski definition) is 2. The molecule has 2 aromatic rings. The molecule has 1 aliphatic heterocycles. The molecule has 3 heterocycles. The first-order chi connectivity index (χ1) is 9.37. The van der Waals surface area contributed by atoms with Crippen molar-refractivity contribution in [1.82, 2.24) is 19.9 Å². The van der Waals surface area contributed by atoms with Crippen LogP contribution in [0.2, 0.25) is 0 Å². The van der Waals surface area contributed by atoms with Gasteiger partial charge in [0.15, 0.2) is 11.5 Å². The van der Waals surface area contributed by atoms with Crippen molar-refractivity contribution in [3.05, 3.63) is 24.2 Å². The highest BCUT2D eigenvalue weighted by Gasteiger charge is 2.35. The fourth-order valence-corrected chi connectivity index (χ4v) is 2.37. The van der Waals surface area contributed by atoms with Crippen LogP contribution in [0.25, 0.3) is 5.52 Å². The van der Waals surface area contributed by atoms with Crippen molar-refractivity contribution in [2.75, 3.05) is 18.4 Å². The van der Waals surface area contributed by atoms with Gasteiger partial charge in [0.2, 0.25) is 0 Å². The third kappa shape index (κ3) is 2.31. The molecule has 1 aliphatic rings. The van der Waals surface area contributed by atoms with Crippen molar-refractivity contribution < 1.29 is 13.2 Å². The molecule has 1 atom stereocenters. The lowest BCUT2D eigenvalue weighted by Crippen LogP contribution is -2.37. The zero-order valence-electron chi connectivity index (χ0n) is 10.8. The van der Waals surface area contributed by atoms with Crippen LogP contribution in [0, 0.1) is 0 Å². The summed E-state index contributed by atoms with van der Waals surface area (Å²) in [5, 5.41) is 9.98. The van der Waals surface area contributed by atoms with E-state index in [1.807, 2.05) is 6.92 Å². The molecule has 0 spiro atoms. The van der Waals surface area contributed by atoms with Gasteiger partial charge in [-0.05, 0) is 19.9 Å². The Labute approximate surface area is 113 Å². The first kappa shape index (κ1) is 13.2. The SMILES string of the molecule is CC1(Nc2nccn3nc(C(F)(F)F)cc23)CCNC1. The Morgan fingerprint density at radius 1 is 1.45 bits per heavy atom. The van der Waals surface area contributed by atoms with E-state index in [0.717, 1.165) is 25.6 Å². The molecule has 1 unspecified atom stereocenters. The molecule has 108 valence electrons. The molecule has 3 rings (SSSR count). The molecule has 1 saturated heterocycles. The maximum atomic E-state index is 12.7. The van der Waals surface area contributed by atoms with E-state index in [-0.39, 0.29) is 5.54 Å².